The van der Waals surface area contributed by atoms with Crippen LogP contribution in [-0.4, -0.2) is 33.9 Å². The number of aromatic nitrogens is 2. The Kier molecular flexibility index (Phi) is 7.04. The minimum atomic E-state index is -0.475. The Labute approximate surface area is 186 Å². The Morgan fingerprint density at radius 2 is 1.84 bits per heavy atom. The first-order valence-electron chi connectivity index (χ1n) is 10.3. The molecule has 0 bridgehead atoms. The summed E-state index contributed by atoms with van der Waals surface area (Å²) < 4.78 is 5.27. The first-order chi connectivity index (χ1) is 15.3. The number of pyridine rings is 1. The van der Waals surface area contributed by atoms with Gasteiger partial charge < -0.3 is 20.4 Å². The van der Waals surface area contributed by atoms with Crippen molar-refractivity contribution in [2.45, 2.75) is 40.3 Å². The maximum atomic E-state index is 12.8. The zero-order valence-corrected chi connectivity index (χ0v) is 18.5. The van der Waals surface area contributed by atoms with Crippen LogP contribution in [0.4, 0.5) is 5.69 Å². The van der Waals surface area contributed by atoms with Crippen molar-refractivity contribution in [3.8, 4) is 0 Å². The van der Waals surface area contributed by atoms with Gasteiger partial charge in [-0.1, -0.05) is 12.1 Å². The quantitative estimate of drug-likeness (QED) is 0.490. The van der Waals surface area contributed by atoms with Gasteiger partial charge in [-0.3, -0.25) is 14.6 Å². The fraction of sp³-hybridized carbons (Fsp3) is 0.250. The van der Waals surface area contributed by atoms with E-state index in [1.54, 1.807) is 64.2 Å². The third-order valence-corrected chi connectivity index (χ3v) is 4.75. The minimum absolute atomic E-state index is 0.264. The Morgan fingerprint density at radius 1 is 1.06 bits per heavy atom. The summed E-state index contributed by atoms with van der Waals surface area (Å²) in [7, 11) is 0. The van der Waals surface area contributed by atoms with Gasteiger partial charge in [0.1, 0.15) is 5.69 Å². The molecule has 2 amide bonds. The number of ether oxygens (including phenoxy) is 1. The van der Waals surface area contributed by atoms with Crippen molar-refractivity contribution in [1.82, 2.24) is 15.3 Å². The van der Waals surface area contributed by atoms with Crippen LogP contribution in [0.1, 0.15) is 62.0 Å². The highest BCUT2D eigenvalue weighted by atomic mass is 16.5. The summed E-state index contributed by atoms with van der Waals surface area (Å²) in [4.78, 5) is 44.8. The highest BCUT2D eigenvalue weighted by Gasteiger charge is 2.23. The summed E-state index contributed by atoms with van der Waals surface area (Å²) in [6.07, 6.45) is 1.40. The second-order valence-corrected chi connectivity index (χ2v) is 7.62. The number of hydrogen-bond acceptors (Lipinski definition) is 5. The molecular formula is C24H26N4O4. The molecule has 0 unspecified atom stereocenters. The van der Waals surface area contributed by atoms with E-state index in [0.717, 1.165) is 5.69 Å². The van der Waals surface area contributed by atoms with Crippen molar-refractivity contribution < 1.29 is 19.1 Å². The lowest BCUT2D eigenvalue weighted by atomic mass is 10.1. The molecule has 0 aliphatic carbocycles. The number of carbonyl (C=O) groups excluding carboxylic acids is 3. The van der Waals surface area contributed by atoms with Crippen LogP contribution in [0, 0.1) is 13.8 Å². The zero-order chi connectivity index (χ0) is 23.3. The van der Waals surface area contributed by atoms with Gasteiger partial charge in [-0.2, -0.15) is 0 Å². The number of amides is 2. The molecule has 8 heteroatoms. The van der Waals surface area contributed by atoms with Crippen LogP contribution in [0.25, 0.3) is 0 Å². The summed E-state index contributed by atoms with van der Waals surface area (Å²) in [5.74, 6) is -1.17. The molecule has 8 nitrogen and oxygen atoms in total. The van der Waals surface area contributed by atoms with Crippen molar-refractivity contribution in [2.24, 2.45) is 0 Å². The minimum Gasteiger partial charge on any atom is -0.459 e. The largest absolute Gasteiger partial charge is 0.459 e. The lowest BCUT2D eigenvalue weighted by molar-refractivity contribution is 0.0376. The SMILES string of the molecule is Cc1[nH]c(C(=O)Nc2cccc(C(=O)NCc3ccccn3)c2)c(C)c1C(=O)OC(C)C. The second kappa shape index (κ2) is 9.91. The summed E-state index contributed by atoms with van der Waals surface area (Å²) in [6, 6.07) is 12.1. The Bertz CT molecular complexity index is 1140. The number of benzene rings is 1. The number of nitrogens with zero attached hydrogens (tertiary/aromatic N) is 1. The van der Waals surface area contributed by atoms with E-state index in [9.17, 15) is 14.4 Å². The number of carbonyl (C=O) groups is 3. The van der Waals surface area contributed by atoms with E-state index in [-0.39, 0.29) is 17.7 Å². The fourth-order valence-corrected chi connectivity index (χ4v) is 3.26. The fourth-order valence-electron chi connectivity index (χ4n) is 3.26. The molecule has 0 spiro atoms. The molecule has 3 rings (SSSR count). The molecule has 0 saturated carbocycles. The van der Waals surface area contributed by atoms with Crippen LogP contribution < -0.4 is 10.6 Å². The summed E-state index contributed by atoms with van der Waals surface area (Å²) in [5, 5.41) is 5.58. The van der Waals surface area contributed by atoms with Crippen LogP contribution in [0.2, 0.25) is 0 Å². The number of aromatic amines is 1. The van der Waals surface area contributed by atoms with Crippen LogP contribution in [0.3, 0.4) is 0 Å². The van der Waals surface area contributed by atoms with Crippen LogP contribution in [0.15, 0.2) is 48.7 Å². The van der Waals surface area contributed by atoms with E-state index in [4.69, 9.17) is 4.74 Å². The number of aryl methyl sites for hydroxylation is 1. The zero-order valence-electron chi connectivity index (χ0n) is 18.5. The van der Waals surface area contributed by atoms with Crippen molar-refractivity contribution >= 4 is 23.5 Å². The molecular weight excluding hydrogens is 408 g/mol. The Morgan fingerprint density at radius 3 is 2.53 bits per heavy atom. The van der Waals surface area contributed by atoms with Gasteiger partial charge in [0.15, 0.2) is 0 Å². The van der Waals surface area contributed by atoms with Gasteiger partial charge >= 0.3 is 5.97 Å². The van der Waals surface area contributed by atoms with E-state index in [0.29, 0.717) is 34.6 Å². The number of hydrogen-bond donors (Lipinski definition) is 3. The van der Waals surface area contributed by atoms with Crippen LogP contribution >= 0.6 is 0 Å². The van der Waals surface area contributed by atoms with Crippen molar-refractivity contribution in [2.75, 3.05) is 5.32 Å². The van der Waals surface area contributed by atoms with Gasteiger partial charge in [0.25, 0.3) is 11.8 Å². The molecule has 0 radical (unpaired) electrons. The van der Waals surface area contributed by atoms with E-state index in [2.05, 4.69) is 20.6 Å². The predicted molar refractivity (Wildman–Crippen MR) is 121 cm³/mol. The molecule has 0 aliphatic heterocycles. The van der Waals surface area contributed by atoms with Gasteiger partial charge in [0, 0.05) is 23.1 Å². The average Bonchev–Trinajstić information content (AvgIpc) is 3.06. The third-order valence-electron chi connectivity index (χ3n) is 4.75. The lowest BCUT2D eigenvalue weighted by Crippen LogP contribution is -2.23. The lowest BCUT2D eigenvalue weighted by Gasteiger charge is -2.09. The number of nitrogens with one attached hydrogen (secondary N) is 3. The molecule has 1 aromatic carbocycles. The average molecular weight is 434 g/mol. The van der Waals surface area contributed by atoms with E-state index < -0.39 is 11.9 Å². The molecule has 0 saturated heterocycles. The monoisotopic (exact) mass is 434 g/mol. The van der Waals surface area contributed by atoms with Gasteiger partial charge in [-0.15, -0.1) is 0 Å². The molecule has 166 valence electrons. The van der Waals surface area contributed by atoms with Crippen molar-refractivity contribution in [3.63, 3.8) is 0 Å². The van der Waals surface area contributed by atoms with Gasteiger partial charge in [-0.05, 0) is 63.6 Å². The third kappa shape index (κ3) is 5.40. The molecule has 3 N–H and O–H groups in total. The maximum absolute atomic E-state index is 12.8. The first-order valence-corrected chi connectivity index (χ1v) is 10.3. The number of anilines is 1. The second-order valence-electron chi connectivity index (χ2n) is 7.62. The molecule has 32 heavy (non-hydrogen) atoms. The highest BCUT2D eigenvalue weighted by molar-refractivity contribution is 6.07. The van der Waals surface area contributed by atoms with Crippen LogP contribution in [-0.2, 0) is 11.3 Å². The maximum Gasteiger partial charge on any atom is 0.340 e. The molecule has 0 atom stereocenters. The van der Waals surface area contributed by atoms with E-state index >= 15 is 0 Å². The summed E-state index contributed by atoms with van der Waals surface area (Å²) in [6.45, 7) is 7.24. The van der Waals surface area contributed by atoms with Gasteiger partial charge in [0.2, 0.25) is 0 Å². The molecule has 3 aromatic rings. The van der Waals surface area contributed by atoms with Crippen molar-refractivity contribution in [3.05, 3.63) is 82.4 Å². The Hall–Kier alpha value is -3.94. The van der Waals surface area contributed by atoms with Gasteiger partial charge in [-0.25, -0.2) is 4.79 Å². The standard InChI is InChI=1S/C24H26N4O4/c1-14(2)32-24(31)20-15(3)21(27-16(20)4)23(30)28-18-10-7-8-17(12-18)22(29)26-13-19-9-5-6-11-25-19/h5-12,14,27H,13H2,1-4H3,(H,26,29)(H,28,30). The topological polar surface area (TPSA) is 113 Å². The van der Waals surface area contributed by atoms with E-state index in [1.165, 1.54) is 0 Å². The normalized spacial score (nSPS) is 10.7. The smallest absolute Gasteiger partial charge is 0.340 e. The van der Waals surface area contributed by atoms with Gasteiger partial charge in [0.05, 0.1) is 23.9 Å². The van der Waals surface area contributed by atoms with E-state index in [1.807, 2.05) is 12.1 Å². The summed E-state index contributed by atoms with van der Waals surface area (Å²) >= 11 is 0. The first kappa shape index (κ1) is 22.7. The Balaban J connectivity index is 1.71. The highest BCUT2D eigenvalue weighted by Crippen LogP contribution is 2.21. The molecule has 2 aromatic heterocycles. The number of H-pyrrole nitrogens is 1. The molecule has 0 aliphatic rings. The predicted octanol–water partition coefficient (Wildman–Crippen LogP) is 3.77. The van der Waals surface area contributed by atoms with Crippen molar-refractivity contribution in [1.29, 1.82) is 0 Å². The molecule has 2 heterocycles. The van der Waals surface area contributed by atoms with Crippen LogP contribution in [0.5, 0.6) is 0 Å². The number of rotatable bonds is 7. The summed E-state index contributed by atoms with van der Waals surface area (Å²) in [5.41, 5.74) is 3.29. The number of esters is 1. The molecule has 0 fully saturated rings.